The van der Waals surface area contributed by atoms with Crippen LogP contribution in [0.4, 0.5) is 4.39 Å². The third-order valence-electron chi connectivity index (χ3n) is 3.99. The number of halogens is 1. The molecule has 1 unspecified atom stereocenters. The molecule has 3 heteroatoms. The van der Waals surface area contributed by atoms with Crippen LogP contribution in [0.3, 0.4) is 0 Å². The molecule has 0 radical (unpaired) electrons. The maximum Gasteiger partial charge on any atom is 0.123 e. The van der Waals surface area contributed by atoms with Crippen LogP contribution in [0.15, 0.2) is 48.7 Å². The molecule has 0 amide bonds. The molecule has 3 rings (SSSR count). The van der Waals surface area contributed by atoms with Gasteiger partial charge in [-0.15, -0.1) is 0 Å². The molecule has 108 valence electrons. The third kappa shape index (κ3) is 2.83. The molecule has 1 aromatic heterocycles. The summed E-state index contributed by atoms with van der Waals surface area (Å²) < 4.78 is 13.0. The molecule has 21 heavy (non-hydrogen) atoms. The average molecular weight is 282 g/mol. The van der Waals surface area contributed by atoms with Gasteiger partial charge in [-0.1, -0.05) is 23.8 Å². The topological polar surface area (TPSA) is 41.8 Å². The number of hydrogen-bond donors (Lipinski definition) is 2. The summed E-state index contributed by atoms with van der Waals surface area (Å²) in [5.41, 5.74) is 10.7. The average Bonchev–Trinajstić information content (AvgIpc) is 2.89. The molecule has 0 bridgehead atoms. The Bertz CT molecular complexity index is 744. The van der Waals surface area contributed by atoms with Crippen molar-refractivity contribution in [2.45, 2.75) is 19.3 Å². The van der Waals surface area contributed by atoms with E-state index in [0.29, 0.717) is 6.54 Å². The van der Waals surface area contributed by atoms with E-state index in [1.54, 1.807) is 0 Å². The van der Waals surface area contributed by atoms with E-state index in [1.807, 2.05) is 18.3 Å². The summed E-state index contributed by atoms with van der Waals surface area (Å²) in [5.74, 6) is 0.0248. The van der Waals surface area contributed by atoms with E-state index in [9.17, 15) is 4.39 Å². The number of aryl methyl sites for hydroxylation is 1. The van der Waals surface area contributed by atoms with Crippen LogP contribution in [0.5, 0.6) is 0 Å². The normalized spacial score (nSPS) is 12.7. The SMILES string of the molecule is Cc1ccc2[nH]cc(C(CN)Cc3ccc(F)cc3)c2c1. The Morgan fingerprint density at radius 2 is 1.90 bits per heavy atom. The molecule has 2 nitrogen and oxygen atoms in total. The van der Waals surface area contributed by atoms with Gasteiger partial charge in [0, 0.05) is 23.0 Å². The van der Waals surface area contributed by atoms with E-state index in [0.717, 1.165) is 17.5 Å². The van der Waals surface area contributed by atoms with E-state index in [2.05, 4.69) is 30.1 Å². The fourth-order valence-corrected chi connectivity index (χ4v) is 2.82. The van der Waals surface area contributed by atoms with Crippen molar-refractivity contribution in [3.63, 3.8) is 0 Å². The molecule has 1 atom stereocenters. The van der Waals surface area contributed by atoms with Crippen molar-refractivity contribution in [3.05, 3.63) is 71.2 Å². The molecular weight excluding hydrogens is 263 g/mol. The smallest absolute Gasteiger partial charge is 0.123 e. The molecule has 0 saturated carbocycles. The van der Waals surface area contributed by atoms with Gasteiger partial charge in [0.15, 0.2) is 0 Å². The van der Waals surface area contributed by atoms with Crippen molar-refractivity contribution in [2.75, 3.05) is 6.54 Å². The van der Waals surface area contributed by atoms with Crippen molar-refractivity contribution in [1.82, 2.24) is 4.98 Å². The van der Waals surface area contributed by atoms with E-state index < -0.39 is 0 Å². The van der Waals surface area contributed by atoms with Crippen LogP contribution < -0.4 is 5.73 Å². The minimum absolute atomic E-state index is 0.203. The summed E-state index contributed by atoms with van der Waals surface area (Å²) in [6, 6.07) is 13.1. The predicted octanol–water partition coefficient (Wildman–Crippen LogP) is 3.90. The highest BCUT2D eigenvalue weighted by Crippen LogP contribution is 2.28. The lowest BCUT2D eigenvalue weighted by molar-refractivity contribution is 0.625. The molecule has 3 N–H and O–H groups in total. The number of benzene rings is 2. The summed E-state index contributed by atoms with van der Waals surface area (Å²) >= 11 is 0. The zero-order chi connectivity index (χ0) is 14.8. The Labute approximate surface area is 123 Å². The quantitative estimate of drug-likeness (QED) is 0.748. The van der Waals surface area contributed by atoms with Gasteiger partial charge in [-0.3, -0.25) is 0 Å². The molecule has 0 aliphatic carbocycles. The van der Waals surface area contributed by atoms with E-state index >= 15 is 0 Å². The summed E-state index contributed by atoms with van der Waals surface area (Å²) in [4.78, 5) is 3.31. The van der Waals surface area contributed by atoms with Gasteiger partial charge >= 0.3 is 0 Å². The number of nitrogens with one attached hydrogen (secondary N) is 1. The Hall–Kier alpha value is -2.13. The number of nitrogens with two attached hydrogens (primary N) is 1. The van der Waals surface area contributed by atoms with Gasteiger partial charge in [0.05, 0.1) is 0 Å². The molecule has 2 aromatic carbocycles. The molecular formula is C18H19FN2. The van der Waals surface area contributed by atoms with Crippen LogP contribution >= 0.6 is 0 Å². The number of aromatic amines is 1. The molecule has 0 fully saturated rings. The van der Waals surface area contributed by atoms with Crippen molar-refractivity contribution in [2.24, 2.45) is 5.73 Å². The minimum Gasteiger partial charge on any atom is -0.361 e. The highest BCUT2D eigenvalue weighted by Gasteiger charge is 2.15. The van der Waals surface area contributed by atoms with Gasteiger partial charge in [0.2, 0.25) is 0 Å². The molecule has 0 aliphatic heterocycles. The zero-order valence-electron chi connectivity index (χ0n) is 12.1. The second kappa shape index (κ2) is 5.70. The van der Waals surface area contributed by atoms with Gasteiger partial charge in [0.25, 0.3) is 0 Å². The van der Waals surface area contributed by atoms with E-state index in [1.165, 1.54) is 28.6 Å². The van der Waals surface area contributed by atoms with Crippen LogP contribution in [0.1, 0.15) is 22.6 Å². The van der Waals surface area contributed by atoms with Crippen LogP contribution in [0, 0.1) is 12.7 Å². The lowest BCUT2D eigenvalue weighted by atomic mass is 9.91. The highest BCUT2D eigenvalue weighted by molar-refractivity contribution is 5.84. The monoisotopic (exact) mass is 282 g/mol. The van der Waals surface area contributed by atoms with Gasteiger partial charge < -0.3 is 10.7 Å². The number of H-pyrrole nitrogens is 1. The highest BCUT2D eigenvalue weighted by atomic mass is 19.1. The van der Waals surface area contributed by atoms with Crippen LogP contribution in [-0.4, -0.2) is 11.5 Å². The van der Waals surface area contributed by atoms with Crippen LogP contribution in [-0.2, 0) is 6.42 Å². The summed E-state index contributed by atoms with van der Waals surface area (Å²) in [6.07, 6.45) is 2.86. The first-order chi connectivity index (χ1) is 10.2. The second-order valence-corrected chi connectivity index (χ2v) is 5.56. The predicted molar refractivity (Wildman–Crippen MR) is 84.9 cm³/mol. The van der Waals surface area contributed by atoms with Gasteiger partial charge in [-0.05, 0) is 55.3 Å². The van der Waals surface area contributed by atoms with Crippen molar-refractivity contribution < 1.29 is 4.39 Å². The Morgan fingerprint density at radius 1 is 1.14 bits per heavy atom. The van der Waals surface area contributed by atoms with E-state index in [-0.39, 0.29) is 11.7 Å². The van der Waals surface area contributed by atoms with Crippen molar-refractivity contribution >= 4 is 10.9 Å². The molecule has 0 saturated heterocycles. The maximum absolute atomic E-state index is 13.0. The minimum atomic E-state index is -0.203. The molecule has 1 heterocycles. The lowest BCUT2D eigenvalue weighted by Gasteiger charge is -2.14. The maximum atomic E-state index is 13.0. The number of hydrogen-bond acceptors (Lipinski definition) is 1. The molecule has 0 spiro atoms. The first-order valence-corrected chi connectivity index (χ1v) is 7.19. The zero-order valence-corrected chi connectivity index (χ0v) is 12.1. The van der Waals surface area contributed by atoms with E-state index in [4.69, 9.17) is 5.73 Å². The first-order valence-electron chi connectivity index (χ1n) is 7.19. The second-order valence-electron chi connectivity index (χ2n) is 5.56. The molecule has 3 aromatic rings. The van der Waals surface area contributed by atoms with Crippen LogP contribution in [0.25, 0.3) is 10.9 Å². The van der Waals surface area contributed by atoms with Crippen molar-refractivity contribution in [1.29, 1.82) is 0 Å². The van der Waals surface area contributed by atoms with Gasteiger partial charge in [0.1, 0.15) is 5.82 Å². The Balaban J connectivity index is 1.94. The third-order valence-corrected chi connectivity index (χ3v) is 3.99. The van der Waals surface area contributed by atoms with Crippen LogP contribution in [0.2, 0.25) is 0 Å². The fourth-order valence-electron chi connectivity index (χ4n) is 2.82. The standard InChI is InChI=1S/C18H19FN2/c1-12-2-7-18-16(8-12)17(11-21-18)14(10-20)9-13-3-5-15(19)6-4-13/h2-8,11,14,21H,9-10,20H2,1H3. The Kier molecular flexibility index (Phi) is 3.76. The summed E-state index contributed by atoms with van der Waals surface area (Å²) in [6.45, 7) is 2.66. The van der Waals surface area contributed by atoms with Crippen molar-refractivity contribution in [3.8, 4) is 0 Å². The number of aromatic nitrogens is 1. The Morgan fingerprint density at radius 3 is 2.62 bits per heavy atom. The fraction of sp³-hybridized carbons (Fsp3) is 0.222. The first kappa shape index (κ1) is 13.8. The lowest BCUT2D eigenvalue weighted by Crippen LogP contribution is -2.14. The summed E-state index contributed by atoms with van der Waals surface area (Å²) in [7, 11) is 0. The molecule has 0 aliphatic rings. The number of rotatable bonds is 4. The largest absolute Gasteiger partial charge is 0.361 e. The summed E-state index contributed by atoms with van der Waals surface area (Å²) in [5, 5.41) is 1.23. The van der Waals surface area contributed by atoms with Gasteiger partial charge in [-0.2, -0.15) is 0 Å². The number of fused-ring (bicyclic) bond motifs is 1. The van der Waals surface area contributed by atoms with Gasteiger partial charge in [-0.25, -0.2) is 4.39 Å².